The van der Waals surface area contributed by atoms with Gasteiger partial charge in [0.2, 0.25) is 5.15 Å². The van der Waals surface area contributed by atoms with Gasteiger partial charge in [0.1, 0.15) is 5.56 Å². The van der Waals surface area contributed by atoms with Crippen LogP contribution in [0.15, 0.2) is 24.4 Å². The van der Waals surface area contributed by atoms with E-state index in [9.17, 15) is 14.9 Å². The van der Waals surface area contributed by atoms with Gasteiger partial charge in [-0.05, 0) is 32.0 Å². The monoisotopic (exact) mass is 325 g/mol. The van der Waals surface area contributed by atoms with E-state index in [0.717, 1.165) is 9.75 Å². The number of hydrogen-bond donors (Lipinski definition) is 1. The molecule has 0 bridgehead atoms. The maximum atomic E-state index is 12.2. The summed E-state index contributed by atoms with van der Waals surface area (Å²) in [7, 11) is 0. The minimum Gasteiger partial charge on any atom is -0.344 e. The minimum absolute atomic E-state index is 0.0971. The van der Waals surface area contributed by atoms with Crippen LogP contribution in [0.5, 0.6) is 0 Å². The maximum absolute atomic E-state index is 12.2. The van der Waals surface area contributed by atoms with Gasteiger partial charge in [-0.25, -0.2) is 4.98 Å². The van der Waals surface area contributed by atoms with Crippen LogP contribution in [-0.2, 0) is 0 Å². The molecule has 0 radical (unpaired) electrons. The molecule has 0 saturated heterocycles. The Kier molecular flexibility index (Phi) is 4.54. The highest BCUT2D eigenvalue weighted by atomic mass is 35.5. The number of nitro groups is 1. The molecule has 21 heavy (non-hydrogen) atoms. The molecule has 2 rings (SSSR count). The summed E-state index contributed by atoms with van der Waals surface area (Å²) in [5, 5.41) is 13.4. The van der Waals surface area contributed by atoms with E-state index in [2.05, 4.69) is 10.3 Å². The minimum atomic E-state index is -0.704. The molecule has 0 aliphatic carbocycles. The van der Waals surface area contributed by atoms with Gasteiger partial charge in [-0.1, -0.05) is 11.6 Å². The number of aryl methyl sites for hydroxylation is 1. The highest BCUT2D eigenvalue weighted by molar-refractivity contribution is 7.12. The van der Waals surface area contributed by atoms with E-state index in [0.29, 0.717) is 0 Å². The van der Waals surface area contributed by atoms with E-state index in [1.807, 2.05) is 26.0 Å². The van der Waals surface area contributed by atoms with Crippen LogP contribution < -0.4 is 5.32 Å². The first kappa shape index (κ1) is 15.4. The molecule has 0 spiro atoms. The summed E-state index contributed by atoms with van der Waals surface area (Å²) < 4.78 is 0. The van der Waals surface area contributed by atoms with E-state index < -0.39 is 16.5 Å². The van der Waals surface area contributed by atoms with E-state index in [4.69, 9.17) is 11.6 Å². The highest BCUT2D eigenvalue weighted by Gasteiger charge is 2.25. The molecular formula is C13H12ClN3O3S. The van der Waals surface area contributed by atoms with Gasteiger partial charge in [0.15, 0.2) is 0 Å². The lowest BCUT2D eigenvalue weighted by Gasteiger charge is -2.12. The Morgan fingerprint density at radius 1 is 1.48 bits per heavy atom. The third-order valence-corrected chi connectivity index (χ3v) is 4.30. The lowest BCUT2D eigenvalue weighted by Crippen LogP contribution is -2.27. The number of halogens is 1. The fourth-order valence-corrected chi connectivity index (χ4v) is 2.92. The molecule has 2 aromatic rings. The summed E-state index contributed by atoms with van der Waals surface area (Å²) in [5.41, 5.74) is -0.577. The van der Waals surface area contributed by atoms with Gasteiger partial charge < -0.3 is 5.32 Å². The molecule has 2 aromatic heterocycles. The molecule has 2 heterocycles. The molecule has 0 fully saturated rings. The van der Waals surface area contributed by atoms with Crippen molar-refractivity contribution in [3.63, 3.8) is 0 Å². The van der Waals surface area contributed by atoms with Crippen molar-refractivity contribution in [1.82, 2.24) is 10.3 Å². The normalized spacial score (nSPS) is 12.0. The fraction of sp³-hybridized carbons (Fsp3) is 0.231. The first-order valence-corrected chi connectivity index (χ1v) is 7.25. The van der Waals surface area contributed by atoms with Crippen molar-refractivity contribution >= 4 is 34.5 Å². The molecule has 0 aliphatic heterocycles. The first-order valence-electron chi connectivity index (χ1n) is 6.06. The van der Waals surface area contributed by atoms with E-state index in [1.54, 1.807) is 11.3 Å². The lowest BCUT2D eigenvalue weighted by molar-refractivity contribution is -0.385. The van der Waals surface area contributed by atoms with E-state index in [-0.39, 0.29) is 16.8 Å². The number of nitrogens with one attached hydrogen (secondary N) is 1. The van der Waals surface area contributed by atoms with Crippen molar-refractivity contribution < 1.29 is 9.72 Å². The smallest absolute Gasteiger partial charge is 0.319 e. The van der Waals surface area contributed by atoms with Gasteiger partial charge in [0.05, 0.1) is 11.0 Å². The Morgan fingerprint density at radius 2 is 2.19 bits per heavy atom. The van der Waals surface area contributed by atoms with Crippen molar-refractivity contribution in [2.75, 3.05) is 0 Å². The number of carbonyl (C=O) groups excluding carboxylic acids is 1. The van der Waals surface area contributed by atoms with Gasteiger partial charge in [0, 0.05) is 16.0 Å². The quantitative estimate of drug-likeness (QED) is 0.529. The topological polar surface area (TPSA) is 85.1 Å². The summed E-state index contributed by atoms with van der Waals surface area (Å²) >= 11 is 7.25. The molecule has 6 nitrogen and oxygen atoms in total. The molecule has 1 N–H and O–H groups in total. The standard InChI is InChI=1S/C13H12ClN3O3S/c1-7-3-4-10(21-7)8(2)16-13(18)9-5-6-15-12(14)11(9)17(19)20/h3-6,8H,1-2H3,(H,16,18). The number of thiophene rings is 1. The summed E-state index contributed by atoms with van der Waals surface area (Å²) in [4.78, 5) is 28.3. The molecule has 8 heteroatoms. The van der Waals surface area contributed by atoms with Crippen LogP contribution in [-0.4, -0.2) is 15.8 Å². The zero-order chi connectivity index (χ0) is 15.6. The average Bonchev–Trinajstić information content (AvgIpc) is 2.84. The van der Waals surface area contributed by atoms with Crippen molar-refractivity contribution in [3.05, 3.63) is 55.0 Å². The Balaban J connectivity index is 2.25. The third kappa shape index (κ3) is 3.37. The summed E-state index contributed by atoms with van der Waals surface area (Å²) in [6, 6.07) is 4.90. The second-order valence-corrected chi connectivity index (χ2v) is 6.08. The largest absolute Gasteiger partial charge is 0.344 e. The van der Waals surface area contributed by atoms with E-state index in [1.165, 1.54) is 12.3 Å². The fourth-order valence-electron chi connectivity index (χ4n) is 1.82. The molecule has 110 valence electrons. The van der Waals surface area contributed by atoms with Crippen molar-refractivity contribution in [1.29, 1.82) is 0 Å². The summed E-state index contributed by atoms with van der Waals surface area (Å²) in [6.07, 6.45) is 1.27. The SMILES string of the molecule is Cc1ccc(C(C)NC(=O)c2ccnc(Cl)c2[N+](=O)[O-])s1. The predicted octanol–water partition coefficient (Wildman–Crippen LogP) is 3.50. The van der Waals surface area contributed by atoms with Crippen LogP contribution >= 0.6 is 22.9 Å². The van der Waals surface area contributed by atoms with Crippen LogP contribution in [0, 0.1) is 17.0 Å². The zero-order valence-electron chi connectivity index (χ0n) is 11.3. The van der Waals surface area contributed by atoms with Crippen LogP contribution in [0.25, 0.3) is 0 Å². The summed E-state index contributed by atoms with van der Waals surface area (Å²) in [5.74, 6) is -0.551. The second kappa shape index (κ2) is 6.19. The second-order valence-electron chi connectivity index (χ2n) is 4.40. The van der Waals surface area contributed by atoms with Crippen molar-refractivity contribution in [3.8, 4) is 0 Å². The molecule has 1 atom stereocenters. The Bertz CT molecular complexity index is 702. The third-order valence-electron chi connectivity index (χ3n) is 2.84. The van der Waals surface area contributed by atoms with Crippen LogP contribution in [0.2, 0.25) is 5.15 Å². The van der Waals surface area contributed by atoms with Crippen LogP contribution in [0.4, 0.5) is 5.69 Å². The van der Waals surface area contributed by atoms with Gasteiger partial charge in [-0.15, -0.1) is 11.3 Å². The lowest BCUT2D eigenvalue weighted by atomic mass is 10.2. The van der Waals surface area contributed by atoms with Gasteiger partial charge >= 0.3 is 5.69 Å². The van der Waals surface area contributed by atoms with Crippen molar-refractivity contribution in [2.45, 2.75) is 19.9 Å². The number of carbonyl (C=O) groups is 1. The molecular weight excluding hydrogens is 314 g/mol. The molecule has 0 aliphatic rings. The number of hydrogen-bond acceptors (Lipinski definition) is 5. The number of nitrogens with zero attached hydrogens (tertiary/aromatic N) is 2. The molecule has 1 amide bonds. The maximum Gasteiger partial charge on any atom is 0.319 e. The molecule has 1 unspecified atom stereocenters. The number of pyridine rings is 1. The number of amides is 1. The van der Waals surface area contributed by atoms with Crippen molar-refractivity contribution in [2.24, 2.45) is 0 Å². The Hall–Kier alpha value is -1.99. The van der Waals surface area contributed by atoms with Crippen LogP contribution in [0.1, 0.15) is 33.1 Å². The first-order chi connectivity index (χ1) is 9.90. The zero-order valence-corrected chi connectivity index (χ0v) is 12.9. The number of aromatic nitrogens is 1. The Labute approximate surface area is 129 Å². The highest BCUT2D eigenvalue weighted by Crippen LogP contribution is 2.27. The Morgan fingerprint density at radius 3 is 2.76 bits per heavy atom. The summed E-state index contributed by atoms with van der Waals surface area (Å²) in [6.45, 7) is 3.79. The van der Waals surface area contributed by atoms with Gasteiger partial charge in [-0.3, -0.25) is 14.9 Å². The van der Waals surface area contributed by atoms with Gasteiger partial charge in [0.25, 0.3) is 5.91 Å². The predicted molar refractivity (Wildman–Crippen MR) is 80.8 cm³/mol. The molecule has 0 aromatic carbocycles. The van der Waals surface area contributed by atoms with E-state index >= 15 is 0 Å². The molecule has 0 saturated carbocycles. The van der Waals surface area contributed by atoms with Crippen LogP contribution in [0.3, 0.4) is 0 Å². The van der Waals surface area contributed by atoms with Gasteiger partial charge in [-0.2, -0.15) is 0 Å². The average molecular weight is 326 g/mol. The number of rotatable bonds is 4.